The smallest absolute Gasteiger partial charge is 0.225 e. The van der Waals surface area contributed by atoms with Gasteiger partial charge in [-0.15, -0.1) is 0 Å². The second-order valence-corrected chi connectivity index (χ2v) is 4.81. The molecular formula is C11H13BrN2O. The fourth-order valence-electron chi connectivity index (χ4n) is 1.39. The van der Waals surface area contributed by atoms with E-state index in [1.165, 1.54) is 12.8 Å². The summed E-state index contributed by atoms with van der Waals surface area (Å²) < 4.78 is 0.961. The molecule has 1 aliphatic carbocycles. The number of nitrogens with one attached hydrogen (secondary N) is 1. The number of pyridine rings is 1. The highest BCUT2D eigenvalue weighted by Crippen LogP contribution is 2.32. The molecule has 1 aromatic rings. The number of carbonyl (C=O) groups excluding carboxylic acids is 1. The molecule has 0 saturated heterocycles. The molecule has 80 valence electrons. The van der Waals surface area contributed by atoms with Gasteiger partial charge < -0.3 is 5.32 Å². The van der Waals surface area contributed by atoms with Gasteiger partial charge in [-0.1, -0.05) is 0 Å². The minimum Gasteiger partial charge on any atom is -0.311 e. The second-order valence-electron chi connectivity index (χ2n) is 3.96. The van der Waals surface area contributed by atoms with Crippen molar-refractivity contribution in [3.05, 3.63) is 22.3 Å². The third-order valence-corrected chi connectivity index (χ3v) is 3.30. The van der Waals surface area contributed by atoms with Crippen molar-refractivity contribution in [3.63, 3.8) is 0 Å². The molecule has 1 aliphatic rings. The minimum absolute atomic E-state index is 0.0757. The van der Waals surface area contributed by atoms with Crippen LogP contribution in [0.5, 0.6) is 0 Å². The molecule has 3 nitrogen and oxygen atoms in total. The first-order chi connectivity index (χ1) is 7.15. The van der Waals surface area contributed by atoms with Crippen molar-refractivity contribution in [3.8, 4) is 0 Å². The Morgan fingerprint density at radius 2 is 2.33 bits per heavy atom. The van der Waals surface area contributed by atoms with Crippen molar-refractivity contribution < 1.29 is 4.79 Å². The molecule has 2 rings (SSSR count). The first-order valence-corrected chi connectivity index (χ1v) is 5.87. The Balaban J connectivity index is 1.97. The Hall–Kier alpha value is -0.900. The molecular weight excluding hydrogens is 256 g/mol. The monoisotopic (exact) mass is 268 g/mol. The van der Waals surface area contributed by atoms with Crippen molar-refractivity contribution in [1.29, 1.82) is 0 Å². The molecule has 1 heterocycles. The number of halogens is 1. The maximum Gasteiger partial charge on any atom is 0.225 e. The molecule has 0 bridgehead atoms. The molecule has 0 spiro atoms. The summed E-state index contributed by atoms with van der Waals surface area (Å²) in [7, 11) is 0. The standard InChI is InChI=1S/C11H13BrN2O/c1-7-9(12)4-5-10(13-7)14-11(15)6-8-2-3-8/h4-5,8H,2-3,6H2,1H3,(H,13,14,15). The highest BCUT2D eigenvalue weighted by Gasteiger charge is 2.24. The minimum atomic E-state index is 0.0757. The van der Waals surface area contributed by atoms with E-state index in [1.807, 2.05) is 19.1 Å². The van der Waals surface area contributed by atoms with E-state index in [4.69, 9.17) is 0 Å². The number of carbonyl (C=O) groups is 1. The molecule has 1 aromatic heterocycles. The van der Waals surface area contributed by atoms with Gasteiger partial charge in [0.1, 0.15) is 5.82 Å². The number of hydrogen-bond acceptors (Lipinski definition) is 2. The Bertz CT molecular complexity index is 388. The molecule has 0 aliphatic heterocycles. The molecule has 1 fully saturated rings. The van der Waals surface area contributed by atoms with Gasteiger partial charge in [-0.2, -0.15) is 0 Å². The van der Waals surface area contributed by atoms with Crippen LogP contribution >= 0.6 is 15.9 Å². The fourth-order valence-corrected chi connectivity index (χ4v) is 1.61. The molecule has 0 unspecified atom stereocenters. The lowest BCUT2D eigenvalue weighted by Gasteiger charge is -2.05. The molecule has 15 heavy (non-hydrogen) atoms. The van der Waals surface area contributed by atoms with Crippen molar-refractivity contribution in [2.75, 3.05) is 5.32 Å². The summed E-state index contributed by atoms with van der Waals surface area (Å²) in [6.45, 7) is 1.90. The Kier molecular flexibility index (Phi) is 3.05. The van der Waals surface area contributed by atoms with Gasteiger partial charge in [-0.25, -0.2) is 4.98 Å². The predicted octanol–water partition coefficient (Wildman–Crippen LogP) is 2.89. The lowest BCUT2D eigenvalue weighted by Crippen LogP contribution is -2.13. The van der Waals surface area contributed by atoms with Crippen molar-refractivity contribution in [1.82, 2.24) is 4.98 Å². The van der Waals surface area contributed by atoms with E-state index in [0.717, 1.165) is 10.2 Å². The van der Waals surface area contributed by atoms with E-state index in [2.05, 4.69) is 26.2 Å². The first-order valence-electron chi connectivity index (χ1n) is 5.08. The number of anilines is 1. The van der Waals surface area contributed by atoms with Gasteiger partial charge in [0, 0.05) is 10.9 Å². The van der Waals surface area contributed by atoms with Crippen LogP contribution in [-0.4, -0.2) is 10.9 Å². The summed E-state index contributed by atoms with van der Waals surface area (Å²) in [4.78, 5) is 15.8. The van der Waals surface area contributed by atoms with E-state index < -0.39 is 0 Å². The average Bonchev–Trinajstić information content (AvgIpc) is 2.95. The van der Waals surface area contributed by atoms with E-state index in [1.54, 1.807) is 0 Å². The Morgan fingerprint density at radius 1 is 1.60 bits per heavy atom. The van der Waals surface area contributed by atoms with Gasteiger partial charge in [0.05, 0.1) is 5.69 Å². The average molecular weight is 269 g/mol. The number of aromatic nitrogens is 1. The van der Waals surface area contributed by atoms with Gasteiger partial charge in [0.25, 0.3) is 0 Å². The Labute approximate surface area is 97.4 Å². The molecule has 0 atom stereocenters. The van der Waals surface area contributed by atoms with Crippen LogP contribution in [0.4, 0.5) is 5.82 Å². The topological polar surface area (TPSA) is 42.0 Å². The van der Waals surface area contributed by atoms with Crippen LogP contribution in [0.2, 0.25) is 0 Å². The summed E-state index contributed by atoms with van der Waals surface area (Å²) in [6, 6.07) is 3.71. The zero-order valence-corrected chi connectivity index (χ0v) is 10.2. The van der Waals surface area contributed by atoms with Crippen LogP contribution in [0, 0.1) is 12.8 Å². The van der Waals surface area contributed by atoms with E-state index >= 15 is 0 Å². The number of rotatable bonds is 3. The highest BCUT2D eigenvalue weighted by atomic mass is 79.9. The Morgan fingerprint density at radius 3 is 2.93 bits per heavy atom. The SMILES string of the molecule is Cc1nc(NC(=O)CC2CC2)ccc1Br. The summed E-state index contributed by atoms with van der Waals surface area (Å²) in [6.07, 6.45) is 3.03. The number of nitrogens with zero attached hydrogens (tertiary/aromatic N) is 1. The third-order valence-electron chi connectivity index (χ3n) is 2.46. The second kappa shape index (κ2) is 4.31. The zero-order valence-electron chi connectivity index (χ0n) is 8.59. The van der Waals surface area contributed by atoms with E-state index in [0.29, 0.717) is 18.2 Å². The largest absolute Gasteiger partial charge is 0.311 e. The van der Waals surface area contributed by atoms with Crippen molar-refractivity contribution in [2.24, 2.45) is 5.92 Å². The lowest BCUT2D eigenvalue weighted by molar-refractivity contribution is -0.116. The summed E-state index contributed by atoms with van der Waals surface area (Å²) in [5, 5.41) is 2.81. The molecule has 1 saturated carbocycles. The highest BCUT2D eigenvalue weighted by molar-refractivity contribution is 9.10. The quantitative estimate of drug-likeness (QED) is 0.916. The van der Waals surface area contributed by atoms with Crippen LogP contribution in [-0.2, 0) is 4.79 Å². The van der Waals surface area contributed by atoms with Crippen molar-refractivity contribution in [2.45, 2.75) is 26.2 Å². The van der Waals surface area contributed by atoms with Crippen LogP contribution in [0.1, 0.15) is 25.0 Å². The lowest BCUT2D eigenvalue weighted by atomic mass is 10.3. The molecule has 0 aromatic carbocycles. The first kappa shape index (κ1) is 10.6. The molecule has 0 radical (unpaired) electrons. The number of amides is 1. The molecule has 4 heteroatoms. The fraction of sp³-hybridized carbons (Fsp3) is 0.455. The van der Waals surface area contributed by atoms with Crippen LogP contribution in [0.15, 0.2) is 16.6 Å². The summed E-state index contributed by atoms with van der Waals surface area (Å²) in [5.74, 6) is 1.33. The summed E-state index contributed by atoms with van der Waals surface area (Å²) >= 11 is 3.37. The number of hydrogen-bond donors (Lipinski definition) is 1. The maximum absolute atomic E-state index is 11.5. The molecule has 1 amide bonds. The van der Waals surface area contributed by atoms with Gasteiger partial charge in [0.2, 0.25) is 5.91 Å². The van der Waals surface area contributed by atoms with Gasteiger partial charge in [0.15, 0.2) is 0 Å². The predicted molar refractivity (Wildman–Crippen MR) is 62.6 cm³/mol. The maximum atomic E-state index is 11.5. The van der Waals surface area contributed by atoms with E-state index in [9.17, 15) is 4.79 Å². The zero-order chi connectivity index (χ0) is 10.8. The van der Waals surface area contributed by atoms with Crippen LogP contribution in [0.3, 0.4) is 0 Å². The van der Waals surface area contributed by atoms with Gasteiger partial charge >= 0.3 is 0 Å². The van der Waals surface area contributed by atoms with Crippen molar-refractivity contribution >= 4 is 27.7 Å². The summed E-state index contributed by atoms with van der Waals surface area (Å²) in [5.41, 5.74) is 0.888. The molecule has 1 N–H and O–H groups in total. The van der Waals surface area contributed by atoms with Crippen LogP contribution in [0.25, 0.3) is 0 Å². The van der Waals surface area contributed by atoms with E-state index in [-0.39, 0.29) is 5.91 Å². The third kappa shape index (κ3) is 3.02. The van der Waals surface area contributed by atoms with Gasteiger partial charge in [-0.3, -0.25) is 4.79 Å². The number of aryl methyl sites for hydroxylation is 1. The van der Waals surface area contributed by atoms with Crippen LogP contribution < -0.4 is 5.32 Å². The van der Waals surface area contributed by atoms with Gasteiger partial charge in [-0.05, 0) is 53.7 Å². The normalized spacial score (nSPS) is 15.1.